The second-order valence-electron chi connectivity index (χ2n) is 9.06. The summed E-state index contributed by atoms with van der Waals surface area (Å²) in [5, 5.41) is 3.81. The molecule has 1 saturated heterocycles. The van der Waals surface area contributed by atoms with Crippen LogP contribution in [-0.4, -0.2) is 65.8 Å². The SMILES string of the molecule is COc1cc(-c2nc(N3CCOCC3)n3ccnc(C)c23)ccc1NC(=O)c1cc2c(OC)cccc2[nH]1. The number of carbonyl (C=O) groups excluding carboxylic acids is 1. The van der Waals surface area contributed by atoms with Crippen molar-refractivity contribution in [1.82, 2.24) is 19.4 Å². The van der Waals surface area contributed by atoms with Crippen molar-refractivity contribution < 1.29 is 19.0 Å². The van der Waals surface area contributed by atoms with Crippen LogP contribution in [0.2, 0.25) is 0 Å². The van der Waals surface area contributed by atoms with Crippen LogP contribution in [0.1, 0.15) is 16.2 Å². The van der Waals surface area contributed by atoms with E-state index in [9.17, 15) is 4.79 Å². The number of carbonyl (C=O) groups is 1. The van der Waals surface area contributed by atoms with Gasteiger partial charge in [-0.15, -0.1) is 0 Å². The molecule has 38 heavy (non-hydrogen) atoms. The van der Waals surface area contributed by atoms with Crippen molar-refractivity contribution in [2.24, 2.45) is 0 Å². The van der Waals surface area contributed by atoms with Gasteiger partial charge in [0, 0.05) is 41.9 Å². The van der Waals surface area contributed by atoms with Crippen LogP contribution in [0.3, 0.4) is 0 Å². The number of ether oxygens (including phenoxy) is 3. The zero-order valence-electron chi connectivity index (χ0n) is 21.4. The van der Waals surface area contributed by atoms with Crippen LogP contribution in [0.25, 0.3) is 27.7 Å². The number of benzene rings is 2. The largest absolute Gasteiger partial charge is 0.496 e. The molecule has 1 fully saturated rings. The molecule has 0 bridgehead atoms. The number of aryl methyl sites for hydroxylation is 1. The van der Waals surface area contributed by atoms with Crippen molar-refractivity contribution in [1.29, 1.82) is 0 Å². The highest BCUT2D eigenvalue weighted by Crippen LogP contribution is 2.35. The molecule has 0 atom stereocenters. The highest BCUT2D eigenvalue weighted by molar-refractivity contribution is 6.07. The number of aromatic amines is 1. The number of morpholine rings is 1. The fourth-order valence-corrected chi connectivity index (χ4v) is 4.93. The Kier molecular flexibility index (Phi) is 6.09. The molecular formula is C28H28N6O4. The zero-order valence-corrected chi connectivity index (χ0v) is 21.4. The Hall–Kier alpha value is -4.57. The van der Waals surface area contributed by atoms with Gasteiger partial charge in [0.2, 0.25) is 5.95 Å². The molecule has 1 aliphatic heterocycles. The number of amides is 1. The van der Waals surface area contributed by atoms with E-state index in [-0.39, 0.29) is 5.91 Å². The maximum Gasteiger partial charge on any atom is 0.272 e. The molecule has 0 aliphatic carbocycles. The summed E-state index contributed by atoms with van der Waals surface area (Å²) in [6.45, 7) is 4.85. The number of nitrogens with zero attached hydrogens (tertiary/aromatic N) is 4. The number of aromatic nitrogens is 4. The van der Waals surface area contributed by atoms with Crippen molar-refractivity contribution in [3.63, 3.8) is 0 Å². The molecule has 0 spiro atoms. The first-order chi connectivity index (χ1) is 18.6. The predicted molar refractivity (Wildman–Crippen MR) is 146 cm³/mol. The van der Waals surface area contributed by atoms with E-state index in [1.54, 1.807) is 26.5 Å². The smallest absolute Gasteiger partial charge is 0.272 e. The Labute approximate surface area is 219 Å². The summed E-state index contributed by atoms with van der Waals surface area (Å²) in [6.07, 6.45) is 3.72. The molecule has 10 nitrogen and oxygen atoms in total. The molecule has 2 aromatic carbocycles. The van der Waals surface area contributed by atoms with E-state index < -0.39 is 0 Å². The monoisotopic (exact) mass is 512 g/mol. The quantitative estimate of drug-likeness (QED) is 0.350. The van der Waals surface area contributed by atoms with E-state index in [1.165, 1.54) is 0 Å². The van der Waals surface area contributed by atoms with Gasteiger partial charge in [0.25, 0.3) is 5.91 Å². The summed E-state index contributed by atoms with van der Waals surface area (Å²) in [7, 11) is 3.19. The van der Waals surface area contributed by atoms with E-state index in [0.717, 1.165) is 52.4 Å². The molecule has 4 heterocycles. The average Bonchev–Trinajstić information content (AvgIpc) is 3.57. The van der Waals surface area contributed by atoms with Crippen molar-refractivity contribution in [3.8, 4) is 22.8 Å². The third kappa shape index (κ3) is 4.08. The van der Waals surface area contributed by atoms with Crippen LogP contribution in [0.15, 0.2) is 54.9 Å². The lowest BCUT2D eigenvalue weighted by Crippen LogP contribution is -2.37. The van der Waals surface area contributed by atoms with Gasteiger partial charge < -0.3 is 29.4 Å². The summed E-state index contributed by atoms with van der Waals surface area (Å²) >= 11 is 0. The number of nitrogens with one attached hydrogen (secondary N) is 2. The molecule has 0 unspecified atom stereocenters. The second kappa shape index (κ2) is 9.71. The summed E-state index contributed by atoms with van der Waals surface area (Å²) in [5.74, 6) is 1.80. The maximum absolute atomic E-state index is 13.1. The molecule has 6 rings (SSSR count). The van der Waals surface area contributed by atoms with Crippen LogP contribution in [0, 0.1) is 6.92 Å². The van der Waals surface area contributed by atoms with Crippen LogP contribution in [-0.2, 0) is 4.74 Å². The molecule has 0 saturated carbocycles. The number of methoxy groups -OCH3 is 2. The van der Waals surface area contributed by atoms with Gasteiger partial charge >= 0.3 is 0 Å². The molecular weight excluding hydrogens is 484 g/mol. The van der Waals surface area contributed by atoms with E-state index in [0.29, 0.717) is 36.1 Å². The first kappa shape index (κ1) is 23.8. The summed E-state index contributed by atoms with van der Waals surface area (Å²) < 4.78 is 18.7. The summed E-state index contributed by atoms with van der Waals surface area (Å²) in [4.78, 5) is 28.1. The molecule has 194 valence electrons. The highest BCUT2D eigenvalue weighted by atomic mass is 16.5. The van der Waals surface area contributed by atoms with Gasteiger partial charge in [0.1, 0.15) is 22.9 Å². The Morgan fingerprint density at radius 1 is 1.08 bits per heavy atom. The topological polar surface area (TPSA) is 106 Å². The average molecular weight is 513 g/mol. The second-order valence-corrected chi connectivity index (χ2v) is 9.06. The Morgan fingerprint density at radius 2 is 1.89 bits per heavy atom. The Bertz CT molecular complexity index is 1650. The number of hydrogen-bond acceptors (Lipinski definition) is 7. The van der Waals surface area contributed by atoms with E-state index in [2.05, 4.69) is 24.6 Å². The van der Waals surface area contributed by atoms with Crippen molar-refractivity contribution >= 4 is 34.0 Å². The minimum absolute atomic E-state index is 0.281. The molecule has 0 radical (unpaired) electrons. The van der Waals surface area contributed by atoms with Gasteiger partial charge in [-0.3, -0.25) is 14.2 Å². The molecule has 1 aliphatic rings. The maximum atomic E-state index is 13.1. The lowest BCUT2D eigenvalue weighted by atomic mass is 10.1. The van der Waals surface area contributed by atoms with Crippen molar-refractivity contribution in [2.45, 2.75) is 6.92 Å². The van der Waals surface area contributed by atoms with Gasteiger partial charge in [0.05, 0.1) is 44.3 Å². The zero-order chi connectivity index (χ0) is 26.2. The van der Waals surface area contributed by atoms with Crippen LogP contribution in [0.5, 0.6) is 11.5 Å². The first-order valence-corrected chi connectivity index (χ1v) is 12.4. The molecule has 5 aromatic rings. The normalized spacial score (nSPS) is 13.7. The Morgan fingerprint density at radius 3 is 2.68 bits per heavy atom. The Balaban J connectivity index is 1.35. The minimum Gasteiger partial charge on any atom is -0.496 e. The third-order valence-corrected chi connectivity index (χ3v) is 6.82. The third-order valence-electron chi connectivity index (χ3n) is 6.82. The van der Waals surface area contributed by atoms with E-state index in [1.807, 2.05) is 49.5 Å². The molecule has 3 aromatic heterocycles. The number of imidazole rings is 1. The van der Waals surface area contributed by atoms with Gasteiger partial charge in [-0.25, -0.2) is 4.98 Å². The molecule has 10 heteroatoms. The molecule has 1 amide bonds. The van der Waals surface area contributed by atoms with E-state index >= 15 is 0 Å². The molecule has 2 N–H and O–H groups in total. The number of H-pyrrole nitrogens is 1. The van der Waals surface area contributed by atoms with Gasteiger partial charge in [-0.2, -0.15) is 0 Å². The van der Waals surface area contributed by atoms with Crippen LogP contribution < -0.4 is 19.7 Å². The summed E-state index contributed by atoms with van der Waals surface area (Å²) in [6, 6.07) is 13.1. The van der Waals surface area contributed by atoms with Gasteiger partial charge in [-0.05, 0) is 37.3 Å². The lowest BCUT2D eigenvalue weighted by molar-refractivity contribution is 0.102. The highest BCUT2D eigenvalue weighted by Gasteiger charge is 2.22. The fraction of sp³-hybridized carbons (Fsp3) is 0.250. The standard InChI is InChI=1S/C28H28N6O4/c1-17-26-25(32-28(34(26)10-9-29-17)33-11-13-38-14-12-33)18-7-8-21(24(15-18)37-3)31-27(35)22-16-19-20(30-22)5-4-6-23(19)36-2/h4-10,15-16,30H,11-14H2,1-3H3,(H,31,35). The summed E-state index contributed by atoms with van der Waals surface area (Å²) in [5.41, 5.74) is 5.27. The van der Waals surface area contributed by atoms with Crippen molar-refractivity contribution in [2.75, 3.05) is 50.7 Å². The van der Waals surface area contributed by atoms with Crippen LogP contribution >= 0.6 is 0 Å². The van der Waals surface area contributed by atoms with Crippen molar-refractivity contribution in [3.05, 3.63) is 66.2 Å². The number of anilines is 2. The fourth-order valence-electron chi connectivity index (χ4n) is 4.93. The van der Waals surface area contributed by atoms with Gasteiger partial charge in [0.15, 0.2) is 0 Å². The van der Waals surface area contributed by atoms with E-state index in [4.69, 9.17) is 19.2 Å². The number of hydrogen-bond donors (Lipinski definition) is 2. The predicted octanol–water partition coefficient (Wildman–Crippen LogP) is 4.29. The minimum atomic E-state index is -0.281. The van der Waals surface area contributed by atoms with Gasteiger partial charge in [-0.1, -0.05) is 12.1 Å². The first-order valence-electron chi connectivity index (χ1n) is 12.4. The lowest BCUT2D eigenvalue weighted by Gasteiger charge is -2.27. The number of rotatable bonds is 6. The van der Waals surface area contributed by atoms with Crippen LogP contribution in [0.4, 0.5) is 11.6 Å². The number of fused-ring (bicyclic) bond motifs is 2.